The third kappa shape index (κ3) is 4.07. The van der Waals surface area contributed by atoms with Gasteiger partial charge in [0.25, 0.3) is 0 Å². The van der Waals surface area contributed by atoms with Crippen molar-refractivity contribution in [2.45, 2.75) is 44.3 Å². The Kier molecular flexibility index (Phi) is 5.41. The molecule has 0 saturated carbocycles. The number of thioether (sulfide) groups is 1. The van der Waals surface area contributed by atoms with Crippen molar-refractivity contribution in [3.8, 4) is 0 Å². The maximum absolute atomic E-state index is 10.8. The zero-order chi connectivity index (χ0) is 15.4. The fourth-order valence-electron chi connectivity index (χ4n) is 2.16. The van der Waals surface area contributed by atoms with E-state index >= 15 is 0 Å². The summed E-state index contributed by atoms with van der Waals surface area (Å²) < 4.78 is 2.08. The first-order chi connectivity index (χ1) is 9.99. The first-order valence-corrected chi connectivity index (χ1v) is 8.72. The van der Waals surface area contributed by atoms with E-state index in [2.05, 4.69) is 52.4 Å². The number of thiophene rings is 1. The minimum atomic E-state index is -0.842. The van der Waals surface area contributed by atoms with Crippen molar-refractivity contribution in [2.75, 3.05) is 5.75 Å². The Morgan fingerprint density at radius 3 is 2.76 bits per heavy atom. The number of carboxylic acid groups (broad SMARTS) is 1. The maximum Gasteiger partial charge on any atom is 0.313 e. The van der Waals surface area contributed by atoms with Gasteiger partial charge in [0.05, 0.1) is 5.75 Å². The molecule has 0 aliphatic carbocycles. The minimum absolute atomic E-state index is 0.00139. The molecular formula is C14H19N3O2S2. The molecule has 0 aliphatic heterocycles. The summed E-state index contributed by atoms with van der Waals surface area (Å²) in [6, 6.07) is 2.31. The van der Waals surface area contributed by atoms with E-state index < -0.39 is 5.97 Å². The number of aromatic nitrogens is 3. The van der Waals surface area contributed by atoms with Crippen LogP contribution in [0.5, 0.6) is 0 Å². The lowest BCUT2D eigenvalue weighted by atomic mass is 10.1. The van der Waals surface area contributed by atoms with Crippen LogP contribution in [0.15, 0.2) is 22.0 Å². The van der Waals surface area contributed by atoms with Crippen molar-refractivity contribution in [3.63, 3.8) is 0 Å². The van der Waals surface area contributed by atoms with E-state index in [-0.39, 0.29) is 17.7 Å². The zero-order valence-corrected chi connectivity index (χ0v) is 13.9. The third-order valence-corrected chi connectivity index (χ3v) is 4.74. The van der Waals surface area contributed by atoms with Crippen LogP contribution in [0.1, 0.15) is 44.1 Å². The van der Waals surface area contributed by atoms with Crippen molar-refractivity contribution in [2.24, 2.45) is 0 Å². The molecule has 0 saturated heterocycles. The molecule has 0 radical (unpaired) electrons. The van der Waals surface area contributed by atoms with Crippen LogP contribution in [0.4, 0.5) is 0 Å². The molecule has 0 spiro atoms. The first kappa shape index (κ1) is 16.0. The lowest BCUT2D eigenvalue weighted by molar-refractivity contribution is -0.133. The van der Waals surface area contributed by atoms with Gasteiger partial charge in [-0.1, -0.05) is 25.6 Å². The molecule has 0 aromatic carbocycles. The Hall–Kier alpha value is -1.34. The number of carbonyl (C=O) groups is 1. The van der Waals surface area contributed by atoms with Gasteiger partial charge < -0.3 is 9.67 Å². The van der Waals surface area contributed by atoms with Gasteiger partial charge in [0, 0.05) is 12.0 Å². The average Bonchev–Trinajstić information content (AvgIpc) is 3.04. The van der Waals surface area contributed by atoms with Crippen LogP contribution in [0.3, 0.4) is 0 Å². The Balaban J connectivity index is 2.24. The van der Waals surface area contributed by atoms with Crippen LogP contribution < -0.4 is 0 Å². The van der Waals surface area contributed by atoms with Gasteiger partial charge >= 0.3 is 5.97 Å². The molecule has 5 nitrogen and oxygen atoms in total. The maximum atomic E-state index is 10.8. The molecule has 0 bridgehead atoms. The Labute approximate surface area is 132 Å². The fourth-order valence-corrected chi connectivity index (χ4v) is 3.61. The smallest absolute Gasteiger partial charge is 0.313 e. The third-order valence-electron chi connectivity index (χ3n) is 3.08. The van der Waals surface area contributed by atoms with Gasteiger partial charge in [-0.15, -0.1) is 10.2 Å². The topological polar surface area (TPSA) is 68.0 Å². The molecule has 1 unspecified atom stereocenters. The highest BCUT2D eigenvalue weighted by molar-refractivity contribution is 7.99. The van der Waals surface area contributed by atoms with Crippen LogP contribution >= 0.6 is 23.1 Å². The molecule has 0 aliphatic rings. The normalized spacial score (nSPS) is 12.8. The Morgan fingerprint density at radius 2 is 2.19 bits per heavy atom. The molecule has 2 heterocycles. The predicted octanol–water partition coefficient (Wildman–Crippen LogP) is 3.44. The number of rotatable bonds is 7. The van der Waals surface area contributed by atoms with Crippen molar-refractivity contribution in [1.29, 1.82) is 0 Å². The highest BCUT2D eigenvalue weighted by Crippen LogP contribution is 2.27. The molecule has 7 heteroatoms. The summed E-state index contributed by atoms with van der Waals surface area (Å²) in [5.41, 5.74) is 1.28. The highest BCUT2D eigenvalue weighted by atomic mass is 32.2. The number of aliphatic carboxylic acids is 1. The molecule has 2 rings (SSSR count). The lowest BCUT2D eigenvalue weighted by Crippen LogP contribution is -2.14. The van der Waals surface area contributed by atoms with Gasteiger partial charge in [0.2, 0.25) is 0 Å². The number of hydrogen-bond donors (Lipinski definition) is 1. The van der Waals surface area contributed by atoms with Crippen molar-refractivity contribution >= 4 is 29.1 Å². The van der Waals surface area contributed by atoms with E-state index in [1.165, 1.54) is 17.3 Å². The van der Waals surface area contributed by atoms with E-state index in [1.807, 2.05) is 0 Å². The zero-order valence-electron chi connectivity index (χ0n) is 12.3. The summed E-state index contributed by atoms with van der Waals surface area (Å²) in [6.07, 6.45) is 0.891. The molecule has 0 fully saturated rings. The quantitative estimate of drug-likeness (QED) is 0.790. The van der Waals surface area contributed by atoms with Gasteiger partial charge in [0.1, 0.15) is 5.82 Å². The number of carboxylic acids is 1. The predicted molar refractivity (Wildman–Crippen MR) is 85.2 cm³/mol. The first-order valence-electron chi connectivity index (χ1n) is 6.79. The molecule has 0 amide bonds. The molecule has 2 aromatic rings. The summed E-state index contributed by atoms with van der Waals surface area (Å²) in [5.74, 6) is 0.319. The molecule has 1 N–H and O–H groups in total. The van der Waals surface area contributed by atoms with Crippen LogP contribution in [-0.2, 0) is 11.2 Å². The minimum Gasteiger partial charge on any atom is -0.481 e. The fraction of sp³-hybridized carbons (Fsp3) is 0.500. The SMILES string of the molecule is CC(C)c1nnc(SCC(=O)O)n1C(C)Cc1ccsc1. The van der Waals surface area contributed by atoms with E-state index in [0.29, 0.717) is 5.16 Å². The van der Waals surface area contributed by atoms with E-state index in [9.17, 15) is 4.79 Å². The van der Waals surface area contributed by atoms with Gasteiger partial charge in [-0.25, -0.2) is 0 Å². The summed E-state index contributed by atoms with van der Waals surface area (Å²) in [5, 5.41) is 22.2. The highest BCUT2D eigenvalue weighted by Gasteiger charge is 2.20. The van der Waals surface area contributed by atoms with Gasteiger partial charge in [-0.05, 0) is 35.7 Å². The average molecular weight is 325 g/mol. The van der Waals surface area contributed by atoms with Crippen LogP contribution in [0.2, 0.25) is 0 Å². The Morgan fingerprint density at radius 1 is 1.43 bits per heavy atom. The van der Waals surface area contributed by atoms with Gasteiger partial charge in [0.15, 0.2) is 5.16 Å². The van der Waals surface area contributed by atoms with E-state index in [4.69, 9.17) is 5.11 Å². The molecule has 21 heavy (non-hydrogen) atoms. The molecule has 114 valence electrons. The molecular weight excluding hydrogens is 306 g/mol. The van der Waals surface area contributed by atoms with E-state index in [1.54, 1.807) is 11.3 Å². The lowest BCUT2D eigenvalue weighted by Gasteiger charge is -2.18. The summed E-state index contributed by atoms with van der Waals surface area (Å²) in [6.45, 7) is 6.27. The summed E-state index contributed by atoms with van der Waals surface area (Å²) >= 11 is 2.91. The van der Waals surface area contributed by atoms with Gasteiger partial charge in [-0.2, -0.15) is 11.3 Å². The van der Waals surface area contributed by atoms with Crippen LogP contribution in [-0.4, -0.2) is 31.6 Å². The number of nitrogens with zero attached hydrogens (tertiary/aromatic N) is 3. The van der Waals surface area contributed by atoms with Crippen LogP contribution in [0, 0.1) is 0 Å². The van der Waals surface area contributed by atoms with Crippen molar-refractivity contribution < 1.29 is 9.90 Å². The molecule has 1 atom stereocenters. The van der Waals surface area contributed by atoms with Crippen molar-refractivity contribution in [1.82, 2.24) is 14.8 Å². The Bertz CT molecular complexity index is 593. The van der Waals surface area contributed by atoms with E-state index in [0.717, 1.165) is 12.2 Å². The second-order valence-electron chi connectivity index (χ2n) is 5.23. The standard InChI is InChI=1S/C14H19N3O2S2/c1-9(2)13-15-16-14(21-8-12(18)19)17(13)10(3)6-11-4-5-20-7-11/h4-5,7,9-10H,6,8H2,1-3H3,(H,18,19). The second-order valence-corrected chi connectivity index (χ2v) is 6.96. The summed E-state index contributed by atoms with van der Waals surface area (Å²) in [4.78, 5) is 10.8. The largest absolute Gasteiger partial charge is 0.481 e. The van der Waals surface area contributed by atoms with Crippen molar-refractivity contribution in [3.05, 3.63) is 28.2 Å². The monoisotopic (exact) mass is 325 g/mol. The second kappa shape index (κ2) is 7.09. The molecule has 2 aromatic heterocycles. The number of hydrogen-bond acceptors (Lipinski definition) is 5. The summed E-state index contributed by atoms with van der Waals surface area (Å²) in [7, 11) is 0. The van der Waals surface area contributed by atoms with Gasteiger partial charge in [-0.3, -0.25) is 4.79 Å². The van der Waals surface area contributed by atoms with Crippen LogP contribution in [0.25, 0.3) is 0 Å².